The Balaban J connectivity index is 2.28. The molecule has 1 aromatic rings. The van der Waals surface area contributed by atoms with Crippen LogP contribution in [0.3, 0.4) is 0 Å². The quantitative estimate of drug-likeness (QED) is 0.362. The molecule has 0 atom stereocenters. The first-order valence-corrected chi connectivity index (χ1v) is 8.14. The summed E-state index contributed by atoms with van der Waals surface area (Å²) in [7, 11) is 3.51. The van der Waals surface area contributed by atoms with Gasteiger partial charge in [0.05, 0.1) is 24.1 Å². The van der Waals surface area contributed by atoms with Crippen molar-refractivity contribution >= 4 is 16.6 Å². The first-order chi connectivity index (χ1) is 12.2. The molecular weight excluding hydrogens is 320 g/mol. The Bertz CT molecular complexity index is 916. The van der Waals surface area contributed by atoms with Crippen LogP contribution in [0.5, 0.6) is 5.75 Å². The molecule has 0 fully saturated rings. The maximum Gasteiger partial charge on any atom is 0.234 e. The summed E-state index contributed by atoms with van der Waals surface area (Å²) in [5, 5.41) is 30.5. The molecule has 1 aliphatic heterocycles. The molecule has 132 valence electrons. The van der Waals surface area contributed by atoms with Crippen molar-refractivity contribution in [1.82, 2.24) is 15.2 Å². The summed E-state index contributed by atoms with van der Waals surface area (Å²) in [6.45, 7) is 1.57. The molecule has 1 aromatic carbocycles. The highest BCUT2D eigenvalue weighted by Gasteiger charge is 2.18. The average molecular weight is 341 g/mol. The highest BCUT2D eigenvalue weighted by molar-refractivity contribution is 6.01. The van der Waals surface area contributed by atoms with Gasteiger partial charge in [-0.3, -0.25) is 0 Å². The van der Waals surface area contributed by atoms with Crippen LogP contribution >= 0.6 is 0 Å². The fourth-order valence-corrected chi connectivity index (χ4v) is 2.97. The number of pyridine rings is 1. The average Bonchev–Trinajstić information content (AvgIpc) is 2.63. The zero-order valence-corrected chi connectivity index (χ0v) is 14.3. The number of ether oxygens (including phenoxy) is 1. The second-order valence-electron chi connectivity index (χ2n) is 5.75. The lowest BCUT2D eigenvalue weighted by Crippen LogP contribution is -2.23. The minimum absolute atomic E-state index is 0.0783. The molecule has 7 nitrogen and oxygen atoms in total. The molecule has 3 rings (SSSR count). The SMILES string of the molecule is CNCCCNc1c2c(=[N+]([O-])[O-])cccc-2[nH]c2ccc(OC)cc12. The van der Waals surface area contributed by atoms with Crippen molar-refractivity contribution in [2.24, 2.45) is 0 Å². The van der Waals surface area contributed by atoms with Gasteiger partial charge in [0.25, 0.3) is 0 Å². The number of H-pyrrole nitrogens is 1. The molecule has 25 heavy (non-hydrogen) atoms. The molecule has 0 aromatic heterocycles. The number of aromatic nitrogens is 1. The third-order valence-electron chi connectivity index (χ3n) is 4.16. The number of rotatable bonds is 6. The van der Waals surface area contributed by atoms with E-state index in [2.05, 4.69) is 15.6 Å². The van der Waals surface area contributed by atoms with Gasteiger partial charge < -0.3 is 30.8 Å². The lowest BCUT2D eigenvalue weighted by atomic mass is 10.0. The standard InChI is InChI=1S/C18H21N4O3/c1-19-9-4-10-20-18-13-11-12(25-2)7-8-14(13)21-15-5-3-6-16(17(15)18)22(23)24/h3,5-8,11,19-21H,4,9-10H2,1-2H3/q-1. The summed E-state index contributed by atoms with van der Waals surface area (Å²) >= 11 is 0. The van der Waals surface area contributed by atoms with Crippen LogP contribution in [0.15, 0.2) is 36.4 Å². The lowest BCUT2D eigenvalue weighted by Gasteiger charge is -2.18. The van der Waals surface area contributed by atoms with Crippen LogP contribution in [0.2, 0.25) is 0 Å². The van der Waals surface area contributed by atoms with Gasteiger partial charge in [0.2, 0.25) is 5.36 Å². The lowest BCUT2D eigenvalue weighted by molar-refractivity contribution is 0.415. The van der Waals surface area contributed by atoms with Crippen molar-refractivity contribution in [1.29, 1.82) is 0 Å². The van der Waals surface area contributed by atoms with Gasteiger partial charge in [0, 0.05) is 23.5 Å². The number of anilines is 1. The zero-order valence-electron chi connectivity index (χ0n) is 14.3. The minimum Gasteiger partial charge on any atom is -0.612 e. The number of fused-ring (bicyclic) bond motifs is 2. The largest absolute Gasteiger partial charge is 0.612 e. The van der Waals surface area contributed by atoms with Crippen molar-refractivity contribution in [3.05, 3.63) is 52.2 Å². The summed E-state index contributed by atoms with van der Waals surface area (Å²) < 4.78 is 5.32. The Hall–Kier alpha value is -2.93. The van der Waals surface area contributed by atoms with Gasteiger partial charge >= 0.3 is 0 Å². The maximum atomic E-state index is 11.5. The fourth-order valence-electron chi connectivity index (χ4n) is 2.97. The first-order valence-electron chi connectivity index (χ1n) is 8.14. The predicted octanol–water partition coefficient (Wildman–Crippen LogP) is 2.07. The molecule has 1 heterocycles. The van der Waals surface area contributed by atoms with E-state index in [1.807, 2.05) is 31.3 Å². The normalized spacial score (nSPS) is 11.0. The molecule has 0 radical (unpaired) electrons. The van der Waals surface area contributed by atoms with Crippen molar-refractivity contribution in [2.45, 2.75) is 6.42 Å². The summed E-state index contributed by atoms with van der Waals surface area (Å²) in [6.07, 6.45) is 0.905. The predicted molar refractivity (Wildman–Crippen MR) is 101 cm³/mol. The maximum absolute atomic E-state index is 11.5. The van der Waals surface area contributed by atoms with Gasteiger partial charge in [0.1, 0.15) is 5.75 Å². The van der Waals surface area contributed by atoms with Crippen LogP contribution in [-0.4, -0.2) is 32.2 Å². The third kappa shape index (κ3) is 3.32. The van der Waals surface area contributed by atoms with Crippen LogP contribution in [-0.2, 0) is 0 Å². The van der Waals surface area contributed by atoms with E-state index in [0.717, 1.165) is 35.2 Å². The Kier molecular flexibility index (Phi) is 4.95. The Morgan fingerprint density at radius 2 is 2.00 bits per heavy atom. The minimum atomic E-state index is -0.346. The van der Waals surface area contributed by atoms with Crippen LogP contribution in [0.25, 0.3) is 22.2 Å². The van der Waals surface area contributed by atoms with Crippen LogP contribution in [0, 0.1) is 10.4 Å². The summed E-state index contributed by atoms with van der Waals surface area (Å²) in [4.78, 5) is 2.94. The van der Waals surface area contributed by atoms with Crippen molar-refractivity contribution in [3.8, 4) is 17.0 Å². The summed E-state index contributed by atoms with van der Waals surface area (Å²) in [6, 6.07) is 10.8. The number of hydrogen-bond donors (Lipinski definition) is 3. The molecule has 0 spiro atoms. The topological polar surface area (TPSA) is 98.2 Å². The number of methoxy groups -OCH3 is 1. The first kappa shape index (κ1) is 16.9. The molecule has 7 heteroatoms. The van der Waals surface area contributed by atoms with E-state index in [-0.39, 0.29) is 10.3 Å². The molecule has 0 bridgehead atoms. The Morgan fingerprint density at radius 1 is 1.16 bits per heavy atom. The smallest absolute Gasteiger partial charge is 0.234 e. The van der Waals surface area contributed by atoms with E-state index in [1.165, 1.54) is 6.07 Å². The fraction of sp³-hybridized carbons (Fsp3) is 0.278. The van der Waals surface area contributed by atoms with E-state index >= 15 is 0 Å². The van der Waals surface area contributed by atoms with Crippen LogP contribution in [0.1, 0.15) is 6.42 Å². The number of aromatic amines is 1. The van der Waals surface area contributed by atoms with Crippen LogP contribution in [0.4, 0.5) is 5.69 Å². The Labute approximate surface area is 145 Å². The third-order valence-corrected chi connectivity index (χ3v) is 4.16. The van der Waals surface area contributed by atoms with Gasteiger partial charge in [-0.05, 0) is 44.3 Å². The van der Waals surface area contributed by atoms with E-state index in [4.69, 9.17) is 4.74 Å². The molecule has 3 N–H and O–H groups in total. The molecule has 0 saturated carbocycles. The highest BCUT2D eigenvalue weighted by atomic mass is 16.8. The summed E-state index contributed by atoms with van der Waals surface area (Å²) in [5.74, 6) is 0.706. The molecule has 2 aliphatic rings. The molecule has 0 amide bonds. The number of nitrogens with one attached hydrogen (secondary N) is 3. The van der Waals surface area contributed by atoms with Gasteiger partial charge in [-0.15, -0.1) is 0 Å². The van der Waals surface area contributed by atoms with Crippen LogP contribution < -0.4 is 25.6 Å². The number of hydrogen-bond acceptors (Lipinski definition) is 5. The van der Waals surface area contributed by atoms with Crippen molar-refractivity contribution < 1.29 is 4.74 Å². The van der Waals surface area contributed by atoms with E-state index < -0.39 is 0 Å². The second-order valence-corrected chi connectivity index (χ2v) is 5.75. The van der Waals surface area contributed by atoms with E-state index in [1.54, 1.807) is 13.2 Å². The molecule has 1 aliphatic carbocycles. The molecule has 0 saturated heterocycles. The Morgan fingerprint density at radius 3 is 2.72 bits per heavy atom. The summed E-state index contributed by atoms with van der Waals surface area (Å²) in [5.41, 5.74) is 2.96. The zero-order chi connectivity index (χ0) is 17.8. The van der Waals surface area contributed by atoms with Gasteiger partial charge in [-0.25, -0.2) is 0 Å². The highest BCUT2D eigenvalue weighted by Crippen LogP contribution is 2.34. The van der Waals surface area contributed by atoms with Gasteiger partial charge in [-0.2, -0.15) is 4.90 Å². The number of nitrogens with zero attached hydrogens (tertiary/aromatic N) is 1. The van der Waals surface area contributed by atoms with Gasteiger partial charge in [-0.1, -0.05) is 6.07 Å². The van der Waals surface area contributed by atoms with E-state index in [9.17, 15) is 10.4 Å². The van der Waals surface area contributed by atoms with Crippen molar-refractivity contribution in [3.63, 3.8) is 0 Å². The number of benzene rings is 2. The van der Waals surface area contributed by atoms with E-state index in [0.29, 0.717) is 17.9 Å². The molecule has 0 unspecified atom stereocenters. The van der Waals surface area contributed by atoms with Crippen molar-refractivity contribution in [2.75, 3.05) is 32.6 Å². The van der Waals surface area contributed by atoms with Gasteiger partial charge in [0.15, 0.2) is 0 Å². The molecular formula is C18H21N4O3-. The second kappa shape index (κ2) is 7.31. The monoisotopic (exact) mass is 341 g/mol.